The van der Waals surface area contributed by atoms with Gasteiger partial charge in [-0.3, -0.25) is 0 Å². The fourth-order valence-corrected chi connectivity index (χ4v) is 1.33. The molecule has 0 fully saturated rings. The smallest absolute Gasteiger partial charge is 0.151 e. The van der Waals surface area contributed by atoms with Crippen LogP contribution in [0.25, 0.3) is 0 Å². The number of unbranched alkanes of at least 4 members (excludes halogenated alkanes) is 2. The van der Waals surface area contributed by atoms with Crippen LogP contribution in [0.15, 0.2) is 12.1 Å². The normalized spacial score (nSPS) is 10.3. The van der Waals surface area contributed by atoms with E-state index >= 15 is 0 Å². The van der Waals surface area contributed by atoms with Gasteiger partial charge < -0.3 is 11.1 Å². The van der Waals surface area contributed by atoms with Crippen LogP contribution in [-0.4, -0.2) is 6.54 Å². The van der Waals surface area contributed by atoms with Crippen LogP contribution < -0.4 is 11.1 Å². The Bertz CT molecular complexity index is 327. The summed E-state index contributed by atoms with van der Waals surface area (Å²) in [6, 6.07) is 2.00. The van der Waals surface area contributed by atoms with Gasteiger partial charge in [-0.05, 0) is 12.5 Å². The zero-order chi connectivity index (χ0) is 11.3. The lowest BCUT2D eigenvalue weighted by molar-refractivity contribution is 0.587. The third-order valence-corrected chi connectivity index (χ3v) is 2.19. The summed E-state index contributed by atoms with van der Waals surface area (Å²) < 4.78 is 25.9. The second-order valence-electron chi connectivity index (χ2n) is 3.48. The van der Waals surface area contributed by atoms with Gasteiger partial charge in [0.15, 0.2) is 5.82 Å². The monoisotopic (exact) mass is 214 g/mol. The van der Waals surface area contributed by atoms with Crippen molar-refractivity contribution >= 4 is 11.4 Å². The molecule has 84 valence electrons. The Morgan fingerprint density at radius 2 is 2.00 bits per heavy atom. The van der Waals surface area contributed by atoms with Gasteiger partial charge in [-0.25, -0.2) is 8.78 Å². The van der Waals surface area contributed by atoms with E-state index in [0.29, 0.717) is 12.2 Å². The lowest BCUT2D eigenvalue weighted by atomic mass is 10.2. The van der Waals surface area contributed by atoms with Crippen LogP contribution in [-0.2, 0) is 0 Å². The predicted molar refractivity (Wildman–Crippen MR) is 58.8 cm³/mol. The highest BCUT2D eigenvalue weighted by Crippen LogP contribution is 2.23. The minimum Gasteiger partial charge on any atom is -0.395 e. The van der Waals surface area contributed by atoms with Gasteiger partial charge in [0.2, 0.25) is 0 Å². The molecule has 0 saturated carbocycles. The van der Waals surface area contributed by atoms with E-state index in [1.54, 1.807) is 0 Å². The summed E-state index contributed by atoms with van der Waals surface area (Å²) in [7, 11) is 0. The largest absolute Gasteiger partial charge is 0.395 e. The summed E-state index contributed by atoms with van der Waals surface area (Å²) in [6.45, 7) is 2.77. The average molecular weight is 214 g/mol. The van der Waals surface area contributed by atoms with E-state index in [-0.39, 0.29) is 5.69 Å². The molecule has 0 unspecified atom stereocenters. The van der Waals surface area contributed by atoms with Gasteiger partial charge in [0, 0.05) is 12.6 Å². The quantitative estimate of drug-likeness (QED) is 0.583. The molecule has 4 heteroatoms. The summed E-state index contributed by atoms with van der Waals surface area (Å²) in [5.41, 5.74) is 5.78. The van der Waals surface area contributed by atoms with Crippen molar-refractivity contribution < 1.29 is 8.78 Å². The van der Waals surface area contributed by atoms with Crippen molar-refractivity contribution in [3.8, 4) is 0 Å². The topological polar surface area (TPSA) is 38.0 Å². The van der Waals surface area contributed by atoms with Gasteiger partial charge >= 0.3 is 0 Å². The lowest BCUT2D eigenvalue weighted by Crippen LogP contribution is -2.06. The predicted octanol–water partition coefficient (Wildman–Crippen LogP) is 3.15. The highest BCUT2D eigenvalue weighted by Gasteiger charge is 2.07. The molecule has 0 saturated heterocycles. The molecule has 0 aliphatic carbocycles. The third kappa shape index (κ3) is 3.38. The van der Waals surface area contributed by atoms with Crippen molar-refractivity contribution in [3.63, 3.8) is 0 Å². The maximum Gasteiger partial charge on any atom is 0.151 e. The van der Waals surface area contributed by atoms with Crippen molar-refractivity contribution in [2.24, 2.45) is 0 Å². The van der Waals surface area contributed by atoms with Crippen molar-refractivity contribution in [1.82, 2.24) is 0 Å². The molecule has 0 bridgehead atoms. The molecular weight excluding hydrogens is 198 g/mol. The number of benzene rings is 1. The van der Waals surface area contributed by atoms with Crippen LogP contribution in [0.1, 0.15) is 26.2 Å². The van der Waals surface area contributed by atoms with E-state index in [2.05, 4.69) is 12.2 Å². The fraction of sp³-hybridized carbons (Fsp3) is 0.455. The first-order chi connectivity index (χ1) is 7.15. The summed E-state index contributed by atoms with van der Waals surface area (Å²) in [5, 5.41) is 2.92. The van der Waals surface area contributed by atoms with Crippen LogP contribution in [0.4, 0.5) is 20.2 Å². The highest BCUT2D eigenvalue weighted by molar-refractivity contribution is 5.66. The van der Waals surface area contributed by atoms with E-state index in [4.69, 9.17) is 5.73 Å². The molecule has 0 atom stereocenters. The van der Waals surface area contributed by atoms with E-state index < -0.39 is 11.6 Å². The molecule has 1 rings (SSSR count). The first-order valence-corrected chi connectivity index (χ1v) is 5.13. The number of halogens is 2. The zero-order valence-corrected chi connectivity index (χ0v) is 8.82. The Hall–Kier alpha value is -1.32. The first-order valence-electron chi connectivity index (χ1n) is 5.13. The van der Waals surface area contributed by atoms with Crippen molar-refractivity contribution in [2.75, 3.05) is 17.6 Å². The summed E-state index contributed by atoms with van der Waals surface area (Å²) in [6.07, 6.45) is 3.16. The number of hydrogen-bond donors (Lipinski definition) is 2. The van der Waals surface area contributed by atoms with Gasteiger partial charge in [-0.2, -0.15) is 0 Å². The second-order valence-corrected chi connectivity index (χ2v) is 3.48. The molecule has 0 amide bonds. The van der Waals surface area contributed by atoms with Crippen LogP contribution >= 0.6 is 0 Å². The molecule has 1 aromatic rings. The summed E-state index contributed by atoms with van der Waals surface area (Å²) in [4.78, 5) is 0. The molecule has 1 aromatic carbocycles. The molecule has 0 aromatic heterocycles. The van der Waals surface area contributed by atoms with E-state index in [1.165, 1.54) is 6.07 Å². The van der Waals surface area contributed by atoms with Gasteiger partial charge in [0.1, 0.15) is 5.82 Å². The van der Waals surface area contributed by atoms with E-state index in [1.807, 2.05) is 0 Å². The number of hydrogen-bond acceptors (Lipinski definition) is 2. The maximum atomic E-state index is 13.0. The Kier molecular flexibility index (Phi) is 4.34. The van der Waals surface area contributed by atoms with Crippen LogP contribution in [0, 0.1) is 11.6 Å². The minimum absolute atomic E-state index is 0.0205. The Morgan fingerprint density at radius 3 is 2.67 bits per heavy atom. The van der Waals surface area contributed by atoms with E-state index in [9.17, 15) is 8.78 Å². The van der Waals surface area contributed by atoms with Crippen molar-refractivity contribution in [2.45, 2.75) is 26.2 Å². The third-order valence-electron chi connectivity index (χ3n) is 2.19. The van der Waals surface area contributed by atoms with Gasteiger partial charge in [-0.15, -0.1) is 0 Å². The number of nitrogen functional groups attached to an aromatic ring is 1. The first kappa shape index (κ1) is 11.8. The van der Waals surface area contributed by atoms with Crippen LogP contribution in [0.3, 0.4) is 0 Å². The highest BCUT2D eigenvalue weighted by atomic mass is 19.1. The standard InChI is InChI=1S/C11H16F2N2/c1-2-3-4-5-15-10-7-8(12)6-9(13)11(10)14/h6-7,15H,2-5,14H2,1H3. The number of nitrogens with one attached hydrogen (secondary N) is 1. The van der Waals surface area contributed by atoms with Crippen LogP contribution in [0.2, 0.25) is 0 Å². The van der Waals surface area contributed by atoms with Gasteiger partial charge in [0.05, 0.1) is 11.4 Å². The fourth-order valence-electron chi connectivity index (χ4n) is 1.33. The summed E-state index contributed by atoms with van der Waals surface area (Å²) in [5.74, 6) is -1.33. The average Bonchev–Trinajstić information content (AvgIpc) is 2.19. The van der Waals surface area contributed by atoms with E-state index in [0.717, 1.165) is 25.3 Å². The Balaban J connectivity index is 2.60. The Morgan fingerprint density at radius 1 is 1.27 bits per heavy atom. The molecule has 0 aliphatic heterocycles. The number of rotatable bonds is 5. The lowest BCUT2D eigenvalue weighted by Gasteiger charge is -2.09. The number of anilines is 2. The van der Waals surface area contributed by atoms with Crippen LogP contribution in [0.5, 0.6) is 0 Å². The molecule has 0 radical (unpaired) electrons. The summed E-state index contributed by atoms with van der Waals surface area (Å²) >= 11 is 0. The molecule has 15 heavy (non-hydrogen) atoms. The number of nitrogens with two attached hydrogens (primary N) is 1. The van der Waals surface area contributed by atoms with Gasteiger partial charge in [0.25, 0.3) is 0 Å². The molecule has 0 aliphatic rings. The zero-order valence-electron chi connectivity index (χ0n) is 8.82. The van der Waals surface area contributed by atoms with Crippen molar-refractivity contribution in [3.05, 3.63) is 23.8 Å². The molecular formula is C11H16F2N2. The molecule has 2 nitrogen and oxygen atoms in total. The maximum absolute atomic E-state index is 13.0. The molecule has 0 spiro atoms. The molecule has 3 N–H and O–H groups in total. The Labute approximate surface area is 88.5 Å². The SMILES string of the molecule is CCCCCNc1cc(F)cc(F)c1N. The van der Waals surface area contributed by atoms with Crippen molar-refractivity contribution in [1.29, 1.82) is 0 Å². The van der Waals surface area contributed by atoms with Gasteiger partial charge in [-0.1, -0.05) is 19.8 Å². The molecule has 0 heterocycles. The minimum atomic E-state index is -0.715. The second kappa shape index (κ2) is 5.53.